The largest absolute Gasteiger partial charge is 0.456 e. The summed E-state index contributed by atoms with van der Waals surface area (Å²) in [5.41, 5.74) is 16.1. The van der Waals surface area contributed by atoms with Crippen LogP contribution in [0.5, 0.6) is 0 Å². The van der Waals surface area contributed by atoms with Crippen molar-refractivity contribution < 1.29 is 8.83 Å². The van der Waals surface area contributed by atoms with Crippen LogP contribution in [0.25, 0.3) is 143 Å². The van der Waals surface area contributed by atoms with Crippen molar-refractivity contribution in [3.8, 4) is 55.6 Å². The molecule has 72 heavy (non-hydrogen) atoms. The third-order valence-electron chi connectivity index (χ3n) is 14.5. The summed E-state index contributed by atoms with van der Waals surface area (Å²) in [5.74, 6) is 0. The van der Waals surface area contributed by atoms with Crippen molar-refractivity contribution >= 4 is 87.0 Å². The molecule has 0 fully saturated rings. The Bertz CT molecular complexity index is 4430. The zero-order chi connectivity index (χ0) is 47.5. The number of benzene rings is 13. The maximum atomic E-state index is 6.14. The zero-order valence-corrected chi connectivity index (χ0v) is 39.2. The molecule has 2 heteroatoms. The van der Waals surface area contributed by atoms with Crippen molar-refractivity contribution in [2.24, 2.45) is 0 Å². The lowest BCUT2D eigenvalue weighted by molar-refractivity contribution is 0.668. The Morgan fingerprint density at radius 3 is 0.764 bits per heavy atom. The molecule has 0 spiro atoms. The Morgan fingerprint density at radius 1 is 0.153 bits per heavy atom. The van der Waals surface area contributed by atoms with Crippen LogP contribution in [0.4, 0.5) is 0 Å². The highest BCUT2D eigenvalue weighted by atomic mass is 16.3. The van der Waals surface area contributed by atoms with Gasteiger partial charge < -0.3 is 8.83 Å². The smallest absolute Gasteiger partial charge is 0.135 e. The maximum absolute atomic E-state index is 6.14. The number of fused-ring (bicyclic) bond motifs is 10. The van der Waals surface area contributed by atoms with E-state index in [-0.39, 0.29) is 0 Å². The van der Waals surface area contributed by atoms with Crippen LogP contribution in [0.2, 0.25) is 0 Å². The van der Waals surface area contributed by atoms with Gasteiger partial charge in [0.15, 0.2) is 0 Å². The van der Waals surface area contributed by atoms with Gasteiger partial charge in [0.2, 0.25) is 0 Å². The Kier molecular flexibility index (Phi) is 9.89. The summed E-state index contributed by atoms with van der Waals surface area (Å²) in [6.07, 6.45) is 0. The van der Waals surface area contributed by atoms with E-state index in [0.717, 1.165) is 43.9 Å². The van der Waals surface area contributed by atoms with E-state index >= 15 is 0 Å². The number of hydrogen-bond donors (Lipinski definition) is 0. The van der Waals surface area contributed by atoms with Gasteiger partial charge in [-0.25, -0.2) is 0 Å². The molecule has 0 aliphatic heterocycles. The van der Waals surface area contributed by atoms with Gasteiger partial charge >= 0.3 is 0 Å². The van der Waals surface area contributed by atoms with Gasteiger partial charge in [-0.15, -0.1) is 0 Å². The highest BCUT2D eigenvalue weighted by Gasteiger charge is 2.20. The summed E-state index contributed by atoms with van der Waals surface area (Å²) in [6, 6.07) is 95.2. The van der Waals surface area contributed by atoms with Crippen LogP contribution in [-0.4, -0.2) is 0 Å². The molecule has 0 radical (unpaired) electrons. The molecule has 0 N–H and O–H groups in total. The third kappa shape index (κ3) is 6.88. The fourth-order valence-electron chi connectivity index (χ4n) is 11.3. The molecule has 0 saturated carbocycles. The first kappa shape index (κ1) is 41.5. The van der Waals surface area contributed by atoms with E-state index in [1.54, 1.807) is 0 Å². The molecular weight excluding hydrogens is 873 g/mol. The van der Waals surface area contributed by atoms with Crippen LogP contribution >= 0.6 is 0 Å². The second kappa shape index (κ2) is 17.2. The summed E-state index contributed by atoms with van der Waals surface area (Å²) in [6.45, 7) is 0. The first-order valence-corrected chi connectivity index (χ1v) is 24.6. The van der Waals surface area contributed by atoms with Gasteiger partial charge in [0.05, 0.1) is 0 Å². The molecule has 13 aromatic carbocycles. The number of furan rings is 2. The van der Waals surface area contributed by atoms with Crippen LogP contribution in [0, 0.1) is 0 Å². The molecule has 2 aromatic heterocycles. The van der Waals surface area contributed by atoms with Gasteiger partial charge in [-0.05, 0) is 135 Å². The van der Waals surface area contributed by atoms with E-state index in [2.05, 4.69) is 243 Å². The minimum Gasteiger partial charge on any atom is -0.456 e. The van der Waals surface area contributed by atoms with Gasteiger partial charge in [-0.3, -0.25) is 0 Å². The lowest BCUT2D eigenvalue weighted by atomic mass is 9.85. The highest BCUT2D eigenvalue weighted by molar-refractivity contribution is 6.24. The average molecular weight is 917 g/mol. The van der Waals surface area contributed by atoms with Gasteiger partial charge in [0, 0.05) is 21.5 Å². The molecule has 0 bridgehead atoms. The molecule has 2 heterocycles. The molecular formula is C70H44O2. The summed E-state index contributed by atoms with van der Waals surface area (Å²) < 4.78 is 12.2. The molecule has 0 unspecified atom stereocenters. The standard InChI is InChI=1S/C38H24O.C32H20O/c1-2-10-25(11-3-1)26-18-20-27(21-19-26)37-30-13-4-6-15-32(30)38(33-16-7-5-14-31(33)37)28-22-23-36-34(24-28)29-12-8-9-17-35(29)39-36;1-2-10-21(11-3-1)31-24-13-4-6-15-26(24)32(27-16-7-5-14-25(27)31)22-18-19-30-28(20-22)23-12-8-9-17-29(23)33-30/h1-24H;1-20H. The molecule has 0 saturated heterocycles. The molecule has 0 aliphatic rings. The summed E-state index contributed by atoms with van der Waals surface area (Å²) >= 11 is 0. The van der Waals surface area contributed by atoms with Gasteiger partial charge in [0.1, 0.15) is 22.3 Å². The van der Waals surface area contributed by atoms with Crippen LogP contribution in [0.3, 0.4) is 0 Å². The van der Waals surface area contributed by atoms with Crippen molar-refractivity contribution in [2.45, 2.75) is 0 Å². The lowest BCUT2D eigenvalue weighted by Crippen LogP contribution is -1.91. The van der Waals surface area contributed by atoms with E-state index < -0.39 is 0 Å². The number of rotatable bonds is 5. The summed E-state index contributed by atoms with van der Waals surface area (Å²) in [7, 11) is 0. The second-order valence-corrected chi connectivity index (χ2v) is 18.6. The van der Waals surface area contributed by atoms with Crippen molar-refractivity contribution in [3.05, 3.63) is 267 Å². The van der Waals surface area contributed by atoms with Crippen molar-refractivity contribution in [2.75, 3.05) is 0 Å². The van der Waals surface area contributed by atoms with E-state index in [0.29, 0.717) is 0 Å². The Labute approximate surface area is 416 Å². The molecule has 0 aliphatic carbocycles. The molecule has 2 nitrogen and oxygen atoms in total. The Balaban J connectivity index is 0.000000136. The molecule has 0 atom stereocenters. The van der Waals surface area contributed by atoms with Gasteiger partial charge in [-0.2, -0.15) is 0 Å². The molecule has 336 valence electrons. The van der Waals surface area contributed by atoms with Crippen LogP contribution in [0.15, 0.2) is 276 Å². The minimum absolute atomic E-state index is 0.920. The fourth-order valence-corrected chi connectivity index (χ4v) is 11.3. The Hall–Kier alpha value is -9.50. The SMILES string of the molecule is c1ccc(-c2c3ccccc3c(-c3ccc4oc5ccccc5c4c3)c3ccccc23)cc1.c1ccc(-c2ccc(-c3c4ccccc4c(-c4ccc5oc6ccccc6c5c4)c4ccccc34)cc2)cc1. The fraction of sp³-hybridized carbons (Fsp3) is 0. The number of hydrogen-bond acceptors (Lipinski definition) is 2. The maximum Gasteiger partial charge on any atom is 0.135 e. The van der Waals surface area contributed by atoms with E-state index in [1.165, 1.54) is 98.7 Å². The van der Waals surface area contributed by atoms with E-state index in [1.807, 2.05) is 24.3 Å². The molecule has 15 aromatic rings. The van der Waals surface area contributed by atoms with Crippen molar-refractivity contribution in [3.63, 3.8) is 0 Å². The molecule has 15 rings (SSSR count). The zero-order valence-electron chi connectivity index (χ0n) is 39.2. The predicted molar refractivity (Wildman–Crippen MR) is 305 cm³/mol. The van der Waals surface area contributed by atoms with Crippen LogP contribution < -0.4 is 0 Å². The van der Waals surface area contributed by atoms with Crippen molar-refractivity contribution in [1.82, 2.24) is 0 Å². The van der Waals surface area contributed by atoms with Crippen molar-refractivity contribution in [1.29, 1.82) is 0 Å². The van der Waals surface area contributed by atoms with Crippen LogP contribution in [-0.2, 0) is 0 Å². The van der Waals surface area contributed by atoms with Gasteiger partial charge in [-0.1, -0.05) is 231 Å². The average Bonchev–Trinajstić information content (AvgIpc) is 4.02. The van der Waals surface area contributed by atoms with Crippen LogP contribution in [0.1, 0.15) is 0 Å². The highest BCUT2D eigenvalue weighted by Crippen LogP contribution is 2.47. The second-order valence-electron chi connectivity index (χ2n) is 18.6. The minimum atomic E-state index is 0.920. The topological polar surface area (TPSA) is 26.3 Å². The first-order chi connectivity index (χ1) is 35.7. The third-order valence-corrected chi connectivity index (χ3v) is 14.5. The molecule has 0 amide bonds. The predicted octanol–water partition coefficient (Wildman–Crippen LogP) is 20.1. The normalized spacial score (nSPS) is 11.6. The quantitative estimate of drug-likeness (QED) is 0.161. The lowest BCUT2D eigenvalue weighted by Gasteiger charge is -2.18. The summed E-state index contributed by atoms with van der Waals surface area (Å²) in [5, 5.41) is 14.7. The van der Waals surface area contributed by atoms with E-state index in [9.17, 15) is 0 Å². The van der Waals surface area contributed by atoms with Gasteiger partial charge in [0.25, 0.3) is 0 Å². The first-order valence-electron chi connectivity index (χ1n) is 24.6. The Morgan fingerprint density at radius 2 is 0.389 bits per heavy atom. The number of para-hydroxylation sites is 2. The monoisotopic (exact) mass is 916 g/mol. The summed E-state index contributed by atoms with van der Waals surface area (Å²) in [4.78, 5) is 0. The van der Waals surface area contributed by atoms with E-state index in [4.69, 9.17) is 8.83 Å².